The lowest BCUT2D eigenvalue weighted by atomic mass is 10.1. The van der Waals surface area contributed by atoms with Gasteiger partial charge in [-0.05, 0) is 54.7 Å². The van der Waals surface area contributed by atoms with Crippen LogP contribution < -0.4 is 24.8 Å². The Morgan fingerprint density at radius 3 is 2.58 bits per heavy atom. The molecule has 4 rings (SSSR count). The van der Waals surface area contributed by atoms with E-state index in [1.807, 2.05) is 24.3 Å². The van der Waals surface area contributed by atoms with Crippen LogP contribution >= 0.6 is 11.3 Å². The zero-order valence-corrected chi connectivity index (χ0v) is 18.7. The van der Waals surface area contributed by atoms with E-state index in [1.165, 1.54) is 4.88 Å². The van der Waals surface area contributed by atoms with Gasteiger partial charge in [-0.25, -0.2) is 0 Å². The first-order chi connectivity index (χ1) is 15.1. The molecule has 1 aromatic heterocycles. The molecule has 0 radical (unpaired) electrons. The van der Waals surface area contributed by atoms with E-state index in [1.54, 1.807) is 50.9 Å². The van der Waals surface area contributed by atoms with Crippen LogP contribution in [-0.2, 0) is 19.4 Å². The molecule has 1 aliphatic rings. The lowest BCUT2D eigenvalue weighted by Crippen LogP contribution is -2.16. The van der Waals surface area contributed by atoms with Crippen molar-refractivity contribution in [3.05, 3.63) is 64.0 Å². The maximum absolute atomic E-state index is 13.4. The summed E-state index contributed by atoms with van der Waals surface area (Å²) in [4.78, 5) is 14.7. The standard InChI is InChI=1S/C24H26N2O4S/c1-28-16-7-4-6-15(12-16)14-25-24-22(18-8-5-9-21(18)31-24)23(27)26-19-13-17(29-2)10-11-20(19)30-3/h4,6-7,10-13,25H,5,8-9,14H2,1-3H3,(H,26,27). The molecule has 7 heteroatoms. The highest BCUT2D eigenvalue weighted by atomic mass is 32.1. The predicted octanol–water partition coefficient (Wildman–Crippen LogP) is 5.13. The monoisotopic (exact) mass is 438 g/mol. The number of rotatable bonds is 8. The van der Waals surface area contributed by atoms with Gasteiger partial charge in [-0.2, -0.15) is 0 Å². The summed E-state index contributed by atoms with van der Waals surface area (Å²) >= 11 is 1.68. The molecule has 0 atom stereocenters. The molecule has 0 spiro atoms. The molecule has 3 aromatic rings. The molecule has 31 heavy (non-hydrogen) atoms. The number of methoxy groups -OCH3 is 3. The van der Waals surface area contributed by atoms with Crippen LogP contribution in [0.2, 0.25) is 0 Å². The van der Waals surface area contributed by atoms with Gasteiger partial charge in [0.1, 0.15) is 22.2 Å². The maximum Gasteiger partial charge on any atom is 0.259 e. The first kappa shape index (κ1) is 21.1. The molecule has 0 fully saturated rings. The lowest BCUT2D eigenvalue weighted by molar-refractivity contribution is 0.102. The van der Waals surface area contributed by atoms with Gasteiger partial charge < -0.3 is 24.8 Å². The number of anilines is 2. The van der Waals surface area contributed by atoms with Crippen LogP contribution in [0.4, 0.5) is 10.7 Å². The number of carbonyl (C=O) groups is 1. The average molecular weight is 439 g/mol. The van der Waals surface area contributed by atoms with Crippen LogP contribution in [0.1, 0.15) is 32.8 Å². The Morgan fingerprint density at radius 2 is 1.81 bits per heavy atom. The molecule has 2 aromatic carbocycles. The van der Waals surface area contributed by atoms with E-state index >= 15 is 0 Å². The van der Waals surface area contributed by atoms with Gasteiger partial charge in [0.15, 0.2) is 0 Å². The van der Waals surface area contributed by atoms with Crippen LogP contribution in [-0.4, -0.2) is 27.2 Å². The summed E-state index contributed by atoms with van der Waals surface area (Å²) < 4.78 is 16.0. The maximum atomic E-state index is 13.4. The minimum absolute atomic E-state index is 0.140. The van der Waals surface area contributed by atoms with Crippen LogP contribution in [0.3, 0.4) is 0 Å². The Kier molecular flexibility index (Phi) is 6.32. The topological polar surface area (TPSA) is 68.8 Å². The third-order valence-corrected chi connectivity index (χ3v) is 6.64. The molecular weight excluding hydrogens is 412 g/mol. The molecule has 0 unspecified atom stereocenters. The summed E-state index contributed by atoms with van der Waals surface area (Å²) in [6.07, 6.45) is 3.02. The van der Waals surface area contributed by atoms with Crippen molar-refractivity contribution < 1.29 is 19.0 Å². The van der Waals surface area contributed by atoms with Crippen LogP contribution in [0.25, 0.3) is 0 Å². The van der Waals surface area contributed by atoms with Gasteiger partial charge in [-0.15, -0.1) is 11.3 Å². The molecular formula is C24H26N2O4S. The Labute approximate surface area is 186 Å². The van der Waals surface area contributed by atoms with Crippen molar-refractivity contribution in [2.75, 3.05) is 32.0 Å². The molecule has 1 aliphatic carbocycles. The number of carbonyl (C=O) groups excluding carboxylic acids is 1. The quantitative estimate of drug-likeness (QED) is 0.510. The molecule has 162 valence electrons. The summed E-state index contributed by atoms with van der Waals surface area (Å²) in [7, 11) is 4.84. The van der Waals surface area contributed by atoms with Crippen molar-refractivity contribution in [1.82, 2.24) is 0 Å². The fourth-order valence-electron chi connectivity index (χ4n) is 3.83. The highest BCUT2D eigenvalue weighted by molar-refractivity contribution is 7.16. The summed E-state index contributed by atoms with van der Waals surface area (Å²) in [5, 5.41) is 7.40. The van der Waals surface area contributed by atoms with Gasteiger partial charge in [-0.3, -0.25) is 4.79 Å². The van der Waals surface area contributed by atoms with Crippen LogP contribution in [0.5, 0.6) is 17.2 Å². The predicted molar refractivity (Wildman–Crippen MR) is 124 cm³/mol. The van der Waals surface area contributed by atoms with Crippen molar-refractivity contribution in [1.29, 1.82) is 0 Å². The van der Waals surface area contributed by atoms with Gasteiger partial charge in [0, 0.05) is 17.5 Å². The zero-order chi connectivity index (χ0) is 21.8. The van der Waals surface area contributed by atoms with E-state index < -0.39 is 0 Å². The van der Waals surface area contributed by atoms with E-state index in [-0.39, 0.29) is 5.91 Å². The fourth-order valence-corrected chi connectivity index (χ4v) is 5.11. The normalized spacial score (nSPS) is 12.2. The first-order valence-corrected chi connectivity index (χ1v) is 11.0. The van der Waals surface area contributed by atoms with Crippen molar-refractivity contribution in [2.45, 2.75) is 25.8 Å². The van der Waals surface area contributed by atoms with Crippen molar-refractivity contribution >= 4 is 27.9 Å². The third-order valence-electron chi connectivity index (χ3n) is 5.39. The molecule has 0 aliphatic heterocycles. The molecule has 0 bridgehead atoms. The smallest absolute Gasteiger partial charge is 0.259 e. The molecule has 2 N–H and O–H groups in total. The highest BCUT2D eigenvalue weighted by Gasteiger charge is 2.27. The highest BCUT2D eigenvalue weighted by Crippen LogP contribution is 2.40. The van der Waals surface area contributed by atoms with Crippen LogP contribution in [0.15, 0.2) is 42.5 Å². The third kappa shape index (κ3) is 4.46. The van der Waals surface area contributed by atoms with E-state index in [0.717, 1.165) is 46.7 Å². The summed E-state index contributed by atoms with van der Waals surface area (Å²) in [6.45, 7) is 0.610. The van der Waals surface area contributed by atoms with Crippen molar-refractivity contribution in [3.63, 3.8) is 0 Å². The Hall–Kier alpha value is -3.19. The van der Waals surface area contributed by atoms with Gasteiger partial charge in [0.25, 0.3) is 5.91 Å². The number of aryl methyl sites for hydroxylation is 1. The number of benzene rings is 2. The van der Waals surface area contributed by atoms with Crippen molar-refractivity contribution in [3.8, 4) is 17.2 Å². The van der Waals surface area contributed by atoms with E-state index in [2.05, 4.69) is 10.6 Å². The van der Waals surface area contributed by atoms with Gasteiger partial charge >= 0.3 is 0 Å². The number of thiophene rings is 1. The second-order valence-corrected chi connectivity index (χ2v) is 8.39. The van der Waals surface area contributed by atoms with E-state index in [0.29, 0.717) is 23.7 Å². The molecule has 1 amide bonds. The van der Waals surface area contributed by atoms with Crippen molar-refractivity contribution in [2.24, 2.45) is 0 Å². The second kappa shape index (κ2) is 9.31. The lowest BCUT2D eigenvalue weighted by Gasteiger charge is -2.14. The minimum Gasteiger partial charge on any atom is -0.497 e. The second-order valence-electron chi connectivity index (χ2n) is 7.29. The number of nitrogens with one attached hydrogen (secondary N) is 2. The molecule has 1 heterocycles. The minimum atomic E-state index is -0.140. The molecule has 0 saturated heterocycles. The largest absolute Gasteiger partial charge is 0.497 e. The fraction of sp³-hybridized carbons (Fsp3) is 0.292. The molecule has 0 saturated carbocycles. The van der Waals surface area contributed by atoms with Crippen LogP contribution in [0, 0.1) is 0 Å². The Morgan fingerprint density at radius 1 is 1.00 bits per heavy atom. The number of fused-ring (bicyclic) bond motifs is 1. The van der Waals surface area contributed by atoms with Gasteiger partial charge in [0.05, 0.1) is 32.6 Å². The van der Waals surface area contributed by atoms with E-state index in [4.69, 9.17) is 14.2 Å². The summed E-state index contributed by atoms with van der Waals surface area (Å²) in [6, 6.07) is 13.3. The van der Waals surface area contributed by atoms with E-state index in [9.17, 15) is 4.79 Å². The Balaban J connectivity index is 1.60. The average Bonchev–Trinajstić information content (AvgIpc) is 3.38. The number of hydrogen-bond donors (Lipinski definition) is 2. The number of hydrogen-bond acceptors (Lipinski definition) is 6. The first-order valence-electron chi connectivity index (χ1n) is 10.2. The molecule has 6 nitrogen and oxygen atoms in total. The number of amides is 1. The van der Waals surface area contributed by atoms with Gasteiger partial charge in [0.2, 0.25) is 0 Å². The zero-order valence-electron chi connectivity index (χ0n) is 17.9. The number of ether oxygens (including phenoxy) is 3. The SMILES string of the molecule is COc1cccc(CNc2sc3c(c2C(=O)Nc2cc(OC)ccc2OC)CCC3)c1. The summed E-state index contributed by atoms with van der Waals surface area (Å²) in [5.74, 6) is 1.92. The van der Waals surface area contributed by atoms with Gasteiger partial charge in [-0.1, -0.05) is 12.1 Å². The summed E-state index contributed by atoms with van der Waals surface area (Å²) in [5.41, 5.74) is 3.56. The Bertz CT molecular complexity index is 1090.